The van der Waals surface area contributed by atoms with Crippen LogP contribution < -0.4 is 16.0 Å². The average molecular weight is 657 g/mol. The van der Waals surface area contributed by atoms with Crippen LogP contribution in [0.4, 0.5) is 5.82 Å². The van der Waals surface area contributed by atoms with Gasteiger partial charge in [-0.25, -0.2) is 33.7 Å². The molecule has 0 aromatic carbocycles. The van der Waals surface area contributed by atoms with Crippen LogP contribution in [0.25, 0.3) is 22.3 Å². The number of anilines is 1. The number of phosphoric acid groups is 1. The summed E-state index contributed by atoms with van der Waals surface area (Å²) in [5.41, 5.74) is 6.02. The first-order valence-electron chi connectivity index (χ1n) is 13.0. The summed E-state index contributed by atoms with van der Waals surface area (Å²) in [5, 5.41) is 0. The van der Waals surface area contributed by atoms with E-state index in [2.05, 4.69) is 34.6 Å². The van der Waals surface area contributed by atoms with Gasteiger partial charge in [-0.2, -0.15) is 13.1 Å². The molecule has 44 heavy (non-hydrogen) atoms. The van der Waals surface area contributed by atoms with E-state index < -0.39 is 79.8 Å². The Hall–Kier alpha value is -3.44. The Balaban J connectivity index is 1.20. The first-order valence-corrected chi connectivity index (χ1v) is 15.9. The molecule has 0 saturated carbocycles. The monoisotopic (exact) mass is 656 g/mol. The van der Waals surface area contributed by atoms with Crippen molar-refractivity contribution in [3.05, 3.63) is 35.7 Å². The van der Waals surface area contributed by atoms with E-state index in [1.54, 1.807) is 0 Å². The van der Waals surface area contributed by atoms with E-state index in [9.17, 15) is 22.7 Å². The third-order valence-corrected chi connectivity index (χ3v) is 9.45. The molecule has 3 fully saturated rings. The van der Waals surface area contributed by atoms with Crippen LogP contribution in [0.3, 0.4) is 0 Å². The SMILES string of the molecule is CO[C@H]1[C@H]2OS(=O)(=O)NC[C@H]3O[C@@H](n4cnc5c(N)ncnc54)C[C@@H]3OP(=O)(O)OC[C@H]1O[C@H]2n1cnc2c(=O)[nH]cnc21. The first kappa shape index (κ1) is 29.3. The lowest BCUT2D eigenvalue weighted by Crippen LogP contribution is -2.43. The number of hydrogen-bond donors (Lipinski definition) is 4. The van der Waals surface area contributed by atoms with Crippen molar-refractivity contribution in [2.45, 2.75) is 49.4 Å². The zero-order chi connectivity index (χ0) is 30.8. The lowest BCUT2D eigenvalue weighted by Gasteiger charge is -2.24. The largest absolute Gasteiger partial charge is 0.472 e. The fourth-order valence-electron chi connectivity index (χ4n) is 5.48. The third kappa shape index (κ3) is 5.17. The van der Waals surface area contributed by atoms with Crippen LogP contribution in [0.5, 0.6) is 0 Å². The molecule has 3 saturated heterocycles. The van der Waals surface area contributed by atoms with Gasteiger partial charge in [0, 0.05) is 20.1 Å². The summed E-state index contributed by atoms with van der Waals surface area (Å²) in [4.78, 5) is 45.7. The maximum atomic E-state index is 13.3. The molecule has 8 atom stereocenters. The molecule has 0 radical (unpaired) electrons. The Bertz CT molecular complexity index is 1930. The normalized spacial score (nSPS) is 34.4. The summed E-state index contributed by atoms with van der Waals surface area (Å²) >= 11 is 0. The van der Waals surface area contributed by atoms with Gasteiger partial charge >= 0.3 is 18.1 Å². The number of H-pyrrole nitrogens is 1. The minimum Gasteiger partial charge on any atom is -0.382 e. The van der Waals surface area contributed by atoms with Crippen molar-refractivity contribution in [3.63, 3.8) is 0 Å². The smallest absolute Gasteiger partial charge is 0.382 e. The number of phosphoric ester groups is 1. The molecule has 4 aromatic heterocycles. The Morgan fingerprint density at radius 3 is 2.66 bits per heavy atom. The Morgan fingerprint density at radius 1 is 1.07 bits per heavy atom. The number of rotatable bonds is 3. The molecular formula is C21H25N10O11PS. The lowest BCUT2D eigenvalue weighted by atomic mass is 10.1. The van der Waals surface area contributed by atoms with Crippen molar-refractivity contribution in [1.29, 1.82) is 0 Å². The van der Waals surface area contributed by atoms with E-state index >= 15 is 0 Å². The predicted molar refractivity (Wildman–Crippen MR) is 144 cm³/mol. The van der Waals surface area contributed by atoms with Gasteiger partial charge in [-0.3, -0.25) is 23.0 Å². The summed E-state index contributed by atoms with van der Waals surface area (Å²) in [7, 11) is -8.07. The maximum absolute atomic E-state index is 13.3. The van der Waals surface area contributed by atoms with Crippen molar-refractivity contribution < 1.29 is 45.3 Å². The van der Waals surface area contributed by atoms with E-state index in [0.717, 1.165) is 6.33 Å². The van der Waals surface area contributed by atoms with Crippen LogP contribution in [0.1, 0.15) is 18.9 Å². The molecule has 5 N–H and O–H groups in total. The number of nitrogens with one attached hydrogen (secondary N) is 2. The molecular weight excluding hydrogens is 631 g/mol. The predicted octanol–water partition coefficient (Wildman–Crippen LogP) is -1.52. The second-order valence-electron chi connectivity index (χ2n) is 10.0. The van der Waals surface area contributed by atoms with Crippen molar-refractivity contribution >= 4 is 46.3 Å². The highest BCUT2D eigenvalue weighted by molar-refractivity contribution is 7.84. The van der Waals surface area contributed by atoms with E-state index in [4.69, 9.17) is 33.2 Å². The molecule has 1 unspecified atom stereocenters. The Morgan fingerprint density at radius 2 is 1.84 bits per heavy atom. The number of aromatic nitrogens is 8. The van der Waals surface area contributed by atoms with Gasteiger partial charge in [-0.1, -0.05) is 0 Å². The van der Waals surface area contributed by atoms with Gasteiger partial charge in [-0.15, -0.1) is 0 Å². The molecule has 7 rings (SSSR count). The number of nitrogens with zero attached hydrogens (tertiary/aromatic N) is 7. The molecule has 4 aromatic rings. The second kappa shape index (κ2) is 10.9. The molecule has 21 nitrogen and oxygen atoms in total. The number of hydrogen-bond acceptors (Lipinski definition) is 16. The summed E-state index contributed by atoms with van der Waals surface area (Å²) in [6, 6.07) is 0. The number of nitrogens with two attached hydrogens (primary N) is 1. The van der Waals surface area contributed by atoms with Crippen LogP contribution >= 0.6 is 7.82 Å². The average Bonchev–Trinajstić information content (AvgIpc) is 3.75. The van der Waals surface area contributed by atoms with Crippen molar-refractivity contribution in [1.82, 2.24) is 43.8 Å². The zero-order valence-electron chi connectivity index (χ0n) is 22.6. The maximum Gasteiger partial charge on any atom is 0.472 e. The second-order valence-corrected chi connectivity index (χ2v) is 12.8. The van der Waals surface area contributed by atoms with Crippen LogP contribution in [0, 0.1) is 0 Å². The molecule has 236 valence electrons. The van der Waals surface area contributed by atoms with Crippen LogP contribution in [0.15, 0.2) is 30.1 Å². The quantitative estimate of drug-likeness (QED) is 0.182. The minimum atomic E-state index is -4.79. The van der Waals surface area contributed by atoms with Gasteiger partial charge in [0.25, 0.3) is 5.56 Å². The number of methoxy groups -OCH3 is 1. The van der Waals surface area contributed by atoms with Crippen molar-refractivity contribution in [3.8, 4) is 0 Å². The van der Waals surface area contributed by atoms with E-state index in [1.807, 2.05) is 0 Å². The number of imidazole rings is 2. The summed E-state index contributed by atoms with van der Waals surface area (Å²) in [5.74, 6) is 0.138. The highest BCUT2D eigenvalue weighted by Gasteiger charge is 2.51. The van der Waals surface area contributed by atoms with Gasteiger partial charge in [0.2, 0.25) is 0 Å². The topological polar surface area (TPSA) is 272 Å². The molecule has 7 heterocycles. The highest BCUT2D eigenvalue weighted by atomic mass is 32.2. The molecule has 3 aliphatic rings. The summed E-state index contributed by atoms with van der Waals surface area (Å²) in [6.45, 7) is -1.00. The lowest BCUT2D eigenvalue weighted by molar-refractivity contribution is -0.0569. The van der Waals surface area contributed by atoms with Crippen LogP contribution in [-0.4, -0.2) is 103 Å². The summed E-state index contributed by atoms with van der Waals surface area (Å²) < 4.78 is 78.7. The molecule has 0 amide bonds. The molecule has 2 bridgehead atoms. The summed E-state index contributed by atoms with van der Waals surface area (Å²) in [6.07, 6.45) is -2.98. The number of nitrogen functional groups attached to an aromatic ring is 1. The van der Waals surface area contributed by atoms with Crippen molar-refractivity contribution in [2.75, 3.05) is 26.0 Å². The van der Waals surface area contributed by atoms with Gasteiger partial charge in [0.05, 0.1) is 25.6 Å². The van der Waals surface area contributed by atoms with Gasteiger partial charge in [0.15, 0.2) is 35.0 Å². The molecule has 0 spiro atoms. The van der Waals surface area contributed by atoms with E-state index in [1.165, 1.54) is 35.2 Å². The third-order valence-electron chi connectivity index (χ3n) is 7.44. The Labute approximate surface area is 246 Å². The fraction of sp³-hybridized carbons (Fsp3) is 0.524. The van der Waals surface area contributed by atoms with Gasteiger partial charge in [-0.05, 0) is 0 Å². The molecule has 0 aliphatic carbocycles. The van der Waals surface area contributed by atoms with Crippen LogP contribution in [0.2, 0.25) is 0 Å². The number of aromatic amines is 1. The van der Waals surface area contributed by atoms with Crippen LogP contribution in [-0.2, 0) is 42.3 Å². The highest BCUT2D eigenvalue weighted by Crippen LogP contribution is 2.49. The fourth-order valence-corrected chi connectivity index (χ4v) is 7.38. The van der Waals surface area contributed by atoms with E-state index in [-0.39, 0.29) is 23.4 Å². The minimum absolute atomic E-state index is 0.0122. The van der Waals surface area contributed by atoms with Gasteiger partial charge < -0.3 is 29.8 Å². The number of ether oxygens (including phenoxy) is 3. The molecule has 23 heteroatoms. The zero-order valence-corrected chi connectivity index (χ0v) is 24.3. The Kier molecular flexibility index (Phi) is 7.23. The van der Waals surface area contributed by atoms with E-state index in [0.29, 0.717) is 11.2 Å². The molecule has 3 aliphatic heterocycles. The standard InChI is InChI=1S/C21H25N10O11PS/c1-37-15-11-4-38-43(33,34)41-9-2-12(30-7-27-13-17(22)23-5-24-18(13)30)39-10(9)3-29-44(35,36)42-16(15)21(40-11)31-8-28-14-19(31)25-6-26-20(14)32/h5-12,15-16,21,29H,2-4H2,1H3,(H,33,34)(H2,22,23,24)(H,25,26,32)/t9-,10+,11+,12+,15+,16+,21+/m0/s1. The number of fused-ring (bicyclic) bond motifs is 5. The van der Waals surface area contributed by atoms with Crippen molar-refractivity contribution in [2.24, 2.45) is 0 Å². The first-order chi connectivity index (χ1) is 21.0. The van der Waals surface area contributed by atoms with Gasteiger partial charge in [0.1, 0.15) is 42.5 Å².